The Morgan fingerprint density at radius 1 is 1.09 bits per heavy atom. The number of hydrogen-bond donors (Lipinski definition) is 1. The first-order valence-electron chi connectivity index (χ1n) is 10.2. The van der Waals surface area contributed by atoms with Gasteiger partial charge in [0.2, 0.25) is 5.13 Å². The summed E-state index contributed by atoms with van der Waals surface area (Å²) >= 11 is 1.29. The molecule has 32 heavy (non-hydrogen) atoms. The number of ether oxygens (including phenoxy) is 2. The predicted octanol–water partition coefficient (Wildman–Crippen LogP) is 4.72. The average molecular weight is 449 g/mol. The summed E-state index contributed by atoms with van der Waals surface area (Å²) in [6.45, 7) is 6.81. The summed E-state index contributed by atoms with van der Waals surface area (Å²) in [5.74, 6) is 1.05. The lowest BCUT2D eigenvalue weighted by Crippen LogP contribution is -2.13. The van der Waals surface area contributed by atoms with Crippen LogP contribution in [0, 0.1) is 25.2 Å². The first-order valence-corrected chi connectivity index (χ1v) is 11.0. The van der Waals surface area contributed by atoms with Gasteiger partial charge in [0, 0.05) is 0 Å². The maximum atomic E-state index is 12.4. The normalized spacial score (nSPS) is 11.0. The molecule has 1 aromatic heterocycles. The molecule has 0 aliphatic carbocycles. The van der Waals surface area contributed by atoms with Crippen LogP contribution < -0.4 is 14.8 Å². The number of aryl methyl sites for hydroxylation is 3. The number of nitrogens with zero attached hydrogens (tertiary/aromatic N) is 3. The molecule has 0 saturated carbocycles. The molecule has 3 aromatic rings. The Bertz CT molecular complexity index is 1130. The Labute approximate surface area is 191 Å². The number of carbonyl (C=O) groups is 1. The third-order valence-electron chi connectivity index (χ3n) is 4.55. The highest BCUT2D eigenvalue weighted by molar-refractivity contribution is 7.15. The van der Waals surface area contributed by atoms with E-state index >= 15 is 0 Å². The summed E-state index contributed by atoms with van der Waals surface area (Å²) in [5.41, 5.74) is 2.88. The molecule has 3 rings (SSSR count). The number of para-hydroxylation sites is 1. The number of benzene rings is 2. The molecule has 0 saturated heterocycles. The third-order valence-corrected chi connectivity index (χ3v) is 5.54. The standard InChI is InChI=1S/C24H24N4O3S/c1-4-21-27-28-24(32-21)26-23(29)19(15-25)14-18-8-10-20(11-9-18)30-12-13-31-22-16(2)6-5-7-17(22)3/h5-11,14H,4,12-13H2,1-3H3,(H,26,28,29)/b19-14-. The molecule has 0 aliphatic heterocycles. The average Bonchev–Trinajstić information content (AvgIpc) is 3.25. The summed E-state index contributed by atoms with van der Waals surface area (Å²) < 4.78 is 11.6. The van der Waals surface area contributed by atoms with Crippen LogP contribution in [-0.2, 0) is 11.2 Å². The van der Waals surface area contributed by atoms with Crippen LogP contribution in [0.15, 0.2) is 48.0 Å². The molecular weight excluding hydrogens is 424 g/mol. The molecule has 0 spiro atoms. The Hall–Kier alpha value is -3.70. The number of carbonyl (C=O) groups excluding carboxylic acids is 1. The Morgan fingerprint density at radius 2 is 1.78 bits per heavy atom. The molecule has 0 fully saturated rings. The van der Waals surface area contributed by atoms with Crippen molar-refractivity contribution < 1.29 is 14.3 Å². The van der Waals surface area contributed by atoms with Gasteiger partial charge in [-0.2, -0.15) is 5.26 Å². The van der Waals surface area contributed by atoms with Crippen LogP contribution >= 0.6 is 11.3 Å². The van der Waals surface area contributed by atoms with Crippen molar-refractivity contribution in [2.45, 2.75) is 27.2 Å². The number of rotatable bonds is 9. The van der Waals surface area contributed by atoms with Crippen LogP contribution in [0.3, 0.4) is 0 Å². The Balaban J connectivity index is 1.53. The molecule has 0 bridgehead atoms. The molecular formula is C24H24N4O3S. The SMILES string of the molecule is CCc1nnc(NC(=O)/C(C#N)=C\c2ccc(OCCOc3c(C)cccc3C)cc2)s1. The van der Waals surface area contributed by atoms with Crippen molar-refractivity contribution in [3.8, 4) is 17.6 Å². The van der Waals surface area contributed by atoms with Gasteiger partial charge in [-0.05, 0) is 55.2 Å². The number of nitriles is 1. The number of amides is 1. The van der Waals surface area contributed by atoms with E-state index in [1.54, 1.807) is 24.3 Å². The fourth-order valence-corrected chi connectivity index (χ4v) is 3.59. The number of anilines is 1. The van der Waals surface area contributed by atoms with Gasteiger partial charge in [-0.1, -0.05) is 48.6 Å². The van der Waals surface area contributed by atoms with E-state index in [1.165, 1.54) is 17.4 Å². The van der Waals surface area contributed by atoms with Gasteiger partial charge in [0.25, 0.3) is 5.91 Å². The summed E-state index contributed by atoms with van der Waals surface area (Å²) in [6, 6.07) is 15.1. The van der Waals surface area contributed by atoms with Crippen molar-refractivity contribution in [3.05, 3.63) is 69.7 Å². The number of hydrogen-bond acceptors (Lipinski definition) is 7. The smallest absolute Gasteiger partial charge is 0.268 e. The maximum Gasteiger partial charge on any atom is 0.268 e. The minimum absolute atomic E-state index is 0.0195. The number of aromatic nitrogens is 2. The fourth-order valence-electron chi connectivity index (χ4n) is 2.92. The van der Waals surface area contributed by atoms with Crippen molar-refractivity contribution in [1.82, 2.24) is 10.2 Å². The van der Waals surface area contributed by atoms with Crippen molar-refractivity contribution in [2.24, 2.45) is 0 Å². The van der Waals surface area contributed by atoms with Crippen LogP contribution in [0.2, 0.25) is 0 Å². The Morgan fingerprint density at radius 3 is 2.41 bits per heavy atom. The molecule has 7 nitrogen and oxygen atoms in total. The fraction of sp³-hybridized carbons (Fsp3) is 0.250. The second-order valence-electron chi connectivity index (χ2n) is 6.97. The minimum Gasteiger partial charge on any atom is -0.490 e. The molecule has 0 atom stereocenters. The maximum absolute atomic E-state index is 12.4. The van der Waals surface area contributed by atoms with Gasteiger partial charge >= 0.3 is 0 Å². The molecule has 0 radical (unpaired) electrons. The lowest BCUT2D eigenvalue weighted by atomic mass is 10.1. The largest absolute Gasteiger partial charge is 0.490 e. The van der Waals surface area contributed by atoms with Gasteiger partial charge in [0.05, 0.1) is 0 Å². The van der Waals surface area contributed by atoms with E-state index in [4.69, 9.17) is 9.47 Å². The first kappa shape index (κ1) is 23.0. The van der Waals surface area contributed by atoms with Gasteiger partial charge in [0.1, 0.15) is 41.4 Å². The summed E-state index contributed by atoms with van der Waals surface area (Å²) in [7, 11) is 0. The Kier molecular flexibility index (Phi) is 7.95. The zero-order valence-electron chi connectivity index (χ0n) is 18.2. The zero-order valence-corrected chi connectivity index (χ0v) is 19.0. The minimum atomic E-state index is -0.518. The first-order chi connectivity index (χ1) is 15.5. The molecule has 0 aliphatic rings. The molecule has 164 valence electrons. The van der Waals surface area contributed by atoms with Gasteiger partial charge in [-0.3, -0.25) is 10.1 Å². The van der Waals surface area contributed by atoms with Crippen molar-refractivity contribution >= 4 is 28.5 Å². The van der Waals surface area contributed by atoms with Gasteiger partial charge in [-0.15, -0.1) is 10.2 Å². The molecule has 2 aromatic carbocycles. The highest BCUT2D eigenvalue weighted by Crippen LogP contribution is 2.22. The molecule has 8 heteroatoms. The monoisotopic (exact) mass is 448 g/mol. The highest BCUT2D eigenvalue weighted by atomic mass is 32.1. The van der Waals surface area contributed by atoms with Gasteiger partial charge < -0.3 is 9.47 Å². The lowest BCUT2D eigenvalue weighted by Gasteiger charge is -2.12. The van der Waals surface area contributed by atoms with Crippen LogP contribution in [0.1, 0.15) is 28.6 Å². The second kappa shape index (κ2) is 11.1. The summed E-state index contributed by atoms with van der Waals surface area (Å²) in [5, 5.41) is 21.0. The molecule has 0 unspecified atom stereocenters. The van der Waals surface area contributed by atoms with Crippen molar-refractivity contribution in [3.63, 3.8) is 0 Å². The predicted molar refractivity (Wildman–Crippen MR) is 125 cm³/mol. The van der Waals surface area contributed by atoms with Gasteiger partial charge in [-0.25, -0.2) is 0 Å². The van der Waals surface area contributed by atoms with E-state index in [1.807, 2.05) is 45.0 Å². The number of nitrogens with one attached hydrogen (secondary N) is 1. The highest BCUT2D eigenvalue weighted by Gasteiger charge is 2.12. The summed E-state index contributed by atoms with van der Waals surface area (Å²) in [4.78, 5) is 12.4. The quantitative estimate of drug-likeness (QED) is 0.289. The molecule has 1 amide bonds. The van der Waals surface area contributed by atoms with Crippen molar-refractivity contribution in [2.75, 3.05) is 18.5 Å². The molecule has 1 N–H and O–H groups in total. The van der Waals surface area contributed by atoms with Crippen LogP contribution in [0.4, 0.5) is 5.13 Å². The third kappa shape index (κ3) is 6.15. The lowest BCUT2D eigenvalue weighted by molar-refractivity contribution is -0.112. The topological polar surface area (TPSA) is 97.1 Å². The van der Waals surface area contributed by atoms with E-state index in [0.29, 0.717) is 29.7 Å². The van der Waals surface area contributed by atoms with Crippen LogP contribution in [0.5, 0.6) is 11.5 Å². The van der Waals surface area contributed by atoms with E-state index < -0.39 is 5.91 Å². The zero-order chi connectivity index (χ0) is 22.9. The van der Waals surface area contributed by atoms with Crippen LogP contribution in [-0.4, -0.2) is 29.3 Å². The molecule has 1 heterocycles. The van der Waals surface area contributed by atoms with E-state index in [0.717, 1.165) is 28.3 Å². The van der Waals surface area contributed by atoms with E-state index in [2.05, 4.69) is 15.5 Å². The van der Waals surface area contributed by atoms with E-state index in [9.17, 15) is 10.1 Å². The summed E-state index contributed by atoms with van der Waals surface area (Å²) in [6.07, 6.45) is 2.26. The van der Waals surface area contributed by atoms with Crippen LogP contribution in [0.25, 0.3) is 6.08 Å². The second-order valence-corrected chi connectivity index (χ2v) is 8.03. The van der Waals surface area contributed by atoms with E-state index in [-0.39, 0.29) is 5.57 Å². The van der Waals surface area contributed by atoms with Crippen molar-refractivity contribution in [1.29, 1.82) is 5.26 Å². The van der Waals surface area contributed by atoms with Gasteiger partial charge in [0.15, 0.2) is 0 Å².